The quantitative estimate of drug-likeness (QED) is 0.536. The maximum absolute atomic E-state index is 12.4. The van der Waals surface area contributed by atoms with E-state index in [-0.39, 0.29) is 17.2 Å². The molecule has 1 amide bonds. The Labute approximate surface area is 125 Å². The Balaban J connectivity index is 2.30. The van der Waals surface area contributed by atoms with Gasteiger partial charge in [0.1, 0.15) is 0 Å². The maximum Gasteiger partial charge on any atom is 0.269 e. The van der Waals surface area contributed by atoms with Crippen molar-refractivity contribution >= 4 is 34.6 Å². The van der Waals surface area contributed by atoms with Gasteiger partial charge in [-0.2, -0.15) is 0 Å². The average Bonchev–Trinajstić information content (AvgIpc) is 2.48. The van der Waals surface area contributed by atoms with Gasteiger partial charge < -0.3 is 10.6 Å². The van der Waals surface area contributed by atoms with Crippen molar-refractivity contribution in [3.05, 3.63) is 63.2 Å². The predicted molar refractivity (Wildman–Crippen MR) is 81.7 cm³/mol. The van der Waals surface area contributed by atoms with Gasteiger partial charge in [0.2, 0.25) is 0 Å². The molecule has 2 aromatic carbocycles. The summed E-state index contributed by atoms with van der Waals surface area (Å²) in [6.07, 6.45) is 0. The first kappa shape index (κ1) is 14.8. The molecule has 108 valence electrons. The molecular formula is C14H12ClN3O3. The van der Waals surface area contributed by atoms with Crippen molar-refractivity contribution < 1.29 is 9.72 Å². The summed E-state index contributed by atoms with van der Waals surface area (Å²) in [5, 5.41) is 11.0. The Kier molecular flexibility index (Phi) is 4.09. The maximum atomic E-state index is 12.4. The molecule has 2 N–H and O–H groups in total. The number of hydrogen-bond acceptors (Lipinski definition) is 4. The Morgan fingerprint density at radius 2 is 1.86 bits per heavy atom. The number of carbonyl (C=O) groups excluding carboxylic acids is 1. The highest BCUT2D eigenvalue weighted by atomic mass is 35.5. The van der Waals surface area contributed by atoms with E-state index in [1.54, 1.807) is 19.2 Å². The van der Waals surface area contributed by atoms with Crippen LogP contribution in [0, 0.1) is 10.1 Å². The van der Waals surface area contributed by atoms with Crippen LogP contribution in [-0.2, 0) is 0 Å². The molecule has 0 saturated heterocycles. The summed E-state index contributed by atoms with van der Waals surface area (Å²) >= 11 is 5.87. The molecule has 0 aliphatic carbocycles. The van der Waals surface area contributed by atoms with E-state index in [0.29, 0.717) is 16.4 Å². The van der Waals surface area contributed by atoms with Crippen LogP contribution >= 0.6 is 11.6 Å². The van der Waals surface area contributed by atoms with E-state index in [0.717, 1.165) is 0 Å². The van der Waals surface area contributed by atoms with Gasteiger partial charge in [0.25, 0.3) is 11.6 Å². The van der Waals surface area contributed by atoms with E-state index < -0.39 is 4.92 Å². The molecule has 0 heterocycles. The number of nitro groups is 1. The Hall–Kier alpha value is -2.60. The number of nitrogen functional groups attached to an aromatic ring is 1. The molecule has 0 aromatic heterocycles. The smallest absolute Gasteiger partial charge is 0.269 e. The molecule has 0 aliphatic rings. The van der Waals surface area contributed by atoms with Gasteiger partial charge >= 0.3 is 0 Å². The first-order valence-electron chi connectivity index (χ1n) is 5.97. The molecule has 0 radical (unpaired) electrons. The standard InChI is InChI=1S/C14H12ClN3O3/c1-17(10-3-5-11(6-4-10)18(20)21)14(19)12-8-9(15)2-7-13(12)16/h2-8H,16H2,1H3. The van der Waals surface area contributed by atoms with Gasteiger partial charge in [0.15, 0.2) is 0 Å². The van der Waals surface area contributed by atoms with Crippen molar-refractivity contribution in [2.75, 3.05) is 17.7 Å². The molecule has 0 fully saturated rings. The molecule has 2 aromatic rings. The third kappa shape index (κ3) is 3.11. The number of nitrogens with two attached hydrogens (primary N) is 1. The molecular weight excluding hydrogens is 294 g/mol. The lowest BCUT2D eigenvalue weighted by Gasteiger charge is -2.18. The highest BCUT2D eigenvalue weighted by molar-refractivity contribution is 6.31. The molecule has 0 unspecified atom stereocenters. The lowest BCUT2D eigenvalue weighted by atomic mass is 10.1. The average molecular weight is 306 g/mol. The van der Waals surface area contributed by atoms with Crippen molar-refractivity contribution in [2.24, 2.45) is 0 Å². The fourth-order valence-corrected chi connectivity index (χ4v) is 1.98. The molecule has 0 atom stereocenters. The minimum Gasteiger partial charge on any atom is -0.398 e. The van der Waals surface area contributed by atoms with Gasteiger partial charge in [-0.25, -0.2) is 0 Å². The summed E-state index contributed by atoms with van der Waals surface area (Å²) in [4.78, 5) is 23.9. The van der Waals surface area contributed by atoms with E-state index in [1.165, 1.54) is 35.2 Å². The minimum atomic E-state index is -0.499. The third-order valence-corrected chi connectivity index (χ3v) is 3.23. The van der Waals surface area contributed by atoms with Gasteiger partial charge in [-0.1, -0.05) is 11.6 Å². The van der Waals surface area contributed by atoms with E-state index in [1.807, 2.05) is 0 Å². The number of benzene rings is 2. The molecule has 0 aliphatic heterocycles. The highest BCUT2D eigenvalue weighted by Gasteiger charge is 2.17. The van der Waals surface area contributed by atoms with Crippen LogP contribution < -0.4 is 10.6 Å². The van der Waals surface area contributed by atoms with Crippen LogP contribution in [0.4, 0.5) is 17.1 Å². The number of rotatable bonds is 3. The zero-order valence-electron chi connectivity index (χ0n) is 11.1. The number of non-ortho nitro benzene ring substituents is 1. The summed E-state index contributed by atoms with van der Waals surface area (Å²) < 4.78 is 0. The summed E-state index contributed by atoms with van der Waals surface area (Å²) in [7, 11) is 1.56. The fourth-order valence-electron chi connectivity index (χ4n) is 1.81. The molecule has 7 heteroatoms. The van der Waals surface area contributed by atoms with Gasteiger partial charge in [-0.05, 0) is 30.3 Å². The van der Waals surface area contributed by atoms with E-state index in [4.69, 9.17) is 17.3 Å². The zero-order valence-corrected chi connectivity index (χ0v) is 11.9. The van der Waals surface area contributed by atoms with Gasteiger partial charge in [0, 0.05) is 35.6 Å². The van der Waals surface area contributed by atoms with Gasteiger partial charge in [-0.3, -0.25) is 14.9 Å². The number of anilines is 2. The topological polar surface area (TPSA) is 89.5 Å². The molecule has 0 bridgehead atoms. The van der Waals surface area contributed by atoms with Crippen molar-refractivity contribution in [1.82, 2.24) is 0 Å². The summed E-state index contributed by atoms with van der Waals surface area (Å²) in [5.41, 5.74) is 6.85. The molecule has 0 spiro atoms. The molecule has 21 heavy (non-hydrogen) atoms. The number of halogens is 1. The second kappa shape index (κ2) is 5.80. The highest BCUT2D eigenvalue weighted by Crippen LogP contribution is 2.23. The number of nitrogens with zero attached hydrogens (tertiary/aromatic N) is 2. The van der Waals surface area contributed by atoms with Crippen LogP contribution in [0.15, 0.2) is 42.5 Å². The fraction of sp³-hybridized carbons (Fsp3) is 0.0714. The van der Waals surface area contributed by atoms with Crippen LogP contribution in [0.2, 0.25) is 5.02 Å². The minimum absolute atomic E-state index is 0.0399. The van der Waals surface area contributed by atoms with Gasteiger partial charge in [-0.15, -0.1) is 0 Å². The van der Waals surface area contributed by atoms with Crippen molar-refractivity contribution in [1.29, 1.82) is 0 Å². The summed E-state index contributed by atoms with van der Waals surface area (Å²) in [6, 6.07) is 10.3. The Morgan fingerprint density at radius 1 is 1.24 bits per heavy atom. The number of nitro benzene ring substituents is 1. The van der Waals surface area contributed by atoms with Crippen LogP contribution in [0.25, 0.3) is 0 Å². The largest absolute Gasteiger partial charge is 0.398 e. The first-order valence-corrected chi connectivity index (χ1v) is 6.35. The second-order valence-electron chi connectivity index (χ2n) is 4.37. The van der Waals surface area contributed by atoms with E-state index in [9.17, 15) is 14.9 Å². The lowest BCUT2D eigenvalue weighted by Crippen LogP contribution is -2.27. The molecule has 6 nitrogen and oxygen atoms in total. The first-order chi connectivity index (χ1) is 9.90. The van der Waals surface area contributed by atoms with Crippen LogP contribution in [0.1, 0.15) is 10.4 Å². The Morgan fingerprint density at radius 3 is 2.43 bits per heavy atom. The monoisotopic (exact) mass is 305 g/mol. The van der Waals surface area contributed by atoms with E-state index >= 15 is 0 Å². The van der Waals surface area contributed by atoms with Crippen LogP contribution in [0.3, 0.4) is 0 Å². The zero-order chi connectivity index (χ0) is 15.6. The summed E-state index contributed by atoms with van der Waals surface area (Å²) in [5.74, 6) is -0.344. The van der Waals surface area contributed by atoms with E-state index in [2.05, 4.69) is 0 Å². The lowest BCUT2D eigenvalue weighted by molar-refractivity contribution is -0.384. The van der Waals surface area contributed by atoms with Crippen LogP contribution in [-0.4, -0.2) is 17.9 Å². The molecule has 0 saturated carbocycles. The summed E-state index contributed by atoms with van der Waals surface area (Å²) in [6.45, 7) is 0. The van der Waals surface area contributed by atoms with Crippen molar-refractivity contribution in [2.45, 2.75) is 0 Å². The SMILES string of the molecule is CN(C(=O)c1cc(Cl)ccc1N)c1ccc([N+](=O)[O-])cc1. The normalized spacial score (nSPS) is 10.2. The molecule has 2 rings (SSSR count). The number of hydrogen-bond donors (Lipinski definition) is 1. The van der Waals surface area contributed by atoms with Crippen molar-refractivity contribution in [3.8, 4) is 0 Å². The third-order valence-electron chi connectivity index (χ3n) is 3.00. The van der Waals surface area contributed by atoms with Crippen LogP contribution in [0.5, 0.6) is 0 Å². The van der Waals surface area contributed by atoms with Crippen molar-refractivity contribution in [3.63, 3.8) is 0 Å². The van der Waals surface area contributed by atoms with Gasteiger partial charge in [0.05, 0.1) is 10.5 Å². The Bertz CT molecular complexity index is 701. The second-order valence-corrected chi connectivity index (χ2v) is 4.81. The predicted octanol–water partition coefficient (Wildman–Crippen LogP) is 3.11. The number of amides is 1. The number of carbonyl (C=O) groups is 1.